The molecule has 0 bridgehead atoms. The van der Waals surface area contributed by atoms with E-state index in [0.29, 0.717) is 28.1 Å². The van der Waals surface area contributed by atoms with Crippen molar-refractivity contribution in [3.63, 3.8) is 0 Å². The summed E-state index contributed by atoms with van der Waals surface area (Å²) in [6.45, 7) is 0.442. The Morgan fingerprint density at radius 2 is 1.37 bits per heavy atom. The van der Waals surface area contributed by atoms with Crippen LogP contribution in [-0.4, -0.2) is 17.9 Å². The predicted octanol–water partition coefficient (Wildman–Crippen LogP) is 6.62. The highest BCUT2D eigenvalue weighted by molar-refractivity contribution is 6.35. The van der Waals surface area contributed by atoms with E-state index in [9.17, 15) is 9.59 Å². The molecule has 2 amide bonds. The highest BCUT2D eigenvalue weighted by Gasteiger charge is 2.60. The topological polar surface area (TPSA) is 59.1 Å². The van der Waals surface area contributed by atoms with E-state index >= 15 is 0 Å². The average molecular weight is 545 g/mol. The Kier molecular flexibility index (Phi) is 6.54. The number of hydrogen-bond acceptors (Lipinski definition) is 5. The van der Waals surface area contributed by atoms with Crippen molar-refractivity contribution in [3.05, 3.63) is 124 Å². The second-order valence-electron chi connectivity index (χ2n) is 9.14. The molecule has 2 aliphatic rings. The third-order valence-corrected chi connectivity index (χ3v) is 7.14. The zero-order chi connectivity index (χ0) is 26.2. The maximum atomic E-state index is 13.8. The van der Waals surface area contributed by atoms with Gasteiger partial charge >= 0.3 is 0 Å². The first kappa shape index (κ1) is 24.5. The minimum absolute atomic E-state index is 0.324. The van der Waals surface area contributed by atoms with Crippen LogP contribution in [0.1, 0.15) is 17.2 Å². The Morgan fingerprint density at radius 1 is 0.737 bits per heavy atom. The summed E-state index contributed by atoms with van der Waals surface area (Å²) in [7, 11) is 0. The van der Waals surface area contributed by atoms with Crippen LogP contribution in [0, 0.1) is 5.92 Å². The lowest BCUT2D eigenvalue weighted by molar-refractivity contribution is -0.126. The number of fused-ring (bicyclic) bond motifs is 1. The smallest absolute Gasteiger partial charge is 0.266 e. The van der Waals surface area contributed by atoms with E-state index in [1.807, 2.05) is 84.9 Å². The van der Waals surface area contributed by atoms with Gasteiger partial charge < -0.3 is 4.74 Å². The van der Waals surface area contributed by atoms with Crippen molar-refractivity contribution in [1.82, 2.24) is 0 Å². The summed E-state index contributed by atoms with van der Waals surface area (Å²) < 4.78 is 5.94. The van der Waals surface area contributed by atoms with E-state index in [4.69, 9.17) is 32.8 Å². The lowest BCUT2D eigenvalue weighted by Gasteiger charge is -2.29. The summed E-state index contributed by atoms with van der Waals surface area (Å²) in [5, 5.41) is 2.33. The molecule has 190 valence electrons. The molecule has 3 atom stereocenters. The number of para-hydroxylation sites is 1. The minimum atomic E-state index is -0.987. The number of carbonyl (C=O) groups is 2. The number of benzene rings is 4. The number of amides is 2. The van der Waals surface area contributed by atoms with Crippen LogP contribution in [0.2, 0.25) is 10.0 Å². The van der Waals surface area contributed by atoms with E-state index in [1.54, 1.807) is 23.3 Å². The molecular formula is C30H22Cl2N2O4. The minimum Gasteiger partial charge on any atom is -0.489 e. The number of halogens is 2. The van der Waals surface area contributed by atoms with Crippen LogP contribution < -0.4 is 14.7 Å². The largest absolute Gasteiger partial charge is 0.489 e. The molecule has 6 rings (SSSR count). The number of carbonyl (C=O) groups excluding carboxylic acids is 2. The van der Waals surface area contributed by atoms with Gasteiger partial charge in [0.25, 0.3) is 5.91 Å². The van der Waals surface area contributed by atoms with Crippen LogP contribution in [0.25, 0.3) is 0 Å². The molecule has 0 N–H and O–H groups in total. The van der Waals surface area contributed by atoms with Gasteiger partial charge in [0.15, 0.2) is 6.10 Å². The quantitative estimate of drug-likeness (QED) is 0.255. The fraction of sp³-hybridized carbons (Fsp3) is 0.133. The van der Waals surface area contributed by atoms with E-state index in [2.05, 4.69) is 0 Å². The van der Waals surface area contributed by atoms with Gasteiger partial charge in [-0.2, -0.15) is 0 Å². The molecule has 38 heavy (non-hydrogen) atoms. The van der Waals surface area contributed by atoms with Crippen LogP contribution >= 0.6 is 23.2 Å². The Hall–Kier alpha value is -3.84. The van der Waals surface area contributed by atoms with Crippen molar-refractivity contribution in [2.24, 2.45) is 5.92 Å². The first-order valence-corrected chi connectivity index (χ1v) is 12.9. The number of nitrogens with zero attached hydrogens (tertiary/aromatic N) is 2. The summed E-state index contributed by atoms with van der Waals surface area (Å²) in [4.78, 5) is 34.6. The van der Waals surface area contributed by atoms with Crippen molar-refractivity contribution in [2.75, 3.05) is 9.96 Å². The maximum Gasteiger partial charge on any atom is 0.266 e. The highest BCUT2D eigenvalue weighted by atomic mass is 35.5. The van der Waals surface area contributed by atoms with Crippen LogP contribution in [0.5, 0.6) is 5.75 Å². The molecular weight excluding hydrogens is 523 g/mol. The van der Waals surface area contributed by atoms with E-state index in [1.165, 1.54) is 0 Å². The van der Waals surface area contributed by atoms with Crippen LogP contribution in [-0.2, 0) is 21.0 Å². The first-order chi connectivity index (χ1) is 18.5. The zero-order valence-electron chi connectivity index (χ0n) is 20.0. The van der Waals surface area contributed by atoms with Crippen molar-refractivity contribution < 1.29 is 19.2 Å². The van der Waals surface area contributed by atoms with Crippen molar-refractivity contribution >= 4 is 46.4 Å². The monoisotopic (exact) mass is 544 g/mol. The highest BCUT2D eigenvalue weighted by Crippen LogP contribution is 2.48. The number of imide groups is 1. The molecule has 2 fully saturated rings. The molecule has 6 nitrogen and oxygen atoms in total. The molecule has 4 aromatic rings. The number of ether oxygens (including phenoxy) is 1. The Morgan fingerprint density at radius 3 is 2.03 bits per heavy atom. The van der Waals surface area contributed by atoms with E-state index < -0.39 is 24.0 Å². The fourth-order valence-electron chi connectivity index (χ4n) is 4.98. The molecule has 0 aromatic heterocycles. The zero-order valence-corrected chi connectivity index (χ0v) is 21.5. The Balaban J connectivity index is 1.32. The Bertz CT molecular complexity index is 1460. The lowest BCUT2D eigenvalue weighted by atomic mass is 9.90. The number of hydrogen-bond donors (Lipinski definition) is 0. The predicted molar refractivity (Wildman–Crippen MR) is 146 cm³/mol. The SMILES string of the molecule is O=C1[C@H]2[C@@H](ON(c3ccccc3)[C@H]2c2ccc(OCc3ccccc3)cc2)C(=O)N1c1cc(Cl)cc(Cl)c1. The molecule has 2 heterocycles. The fourth-order valence-corrected chi connectivity index (χ4v) is 5.49. The molecule has 2 saturated heterocycles. The molecule has 0 aliphatic carbocycles. The van der Waals surface area contributed by atoms with E-state index in [0.717, 1.165) is 21.7 Å². The second kappa shape index (κ2) is 10.1. The molecule has 0 spiro atoms. The number of hydroxylamine groups is 1. The van der Waals surface area contributed by atoms with Crippen LogP contribution in [0.3, 0.4) is 0 Å². The van der Waals surface area contributed by atoms with Crippen molar-refractivity contribution in [1.29, 1.82) is 0 Å². The number of rotatable bonds is 6. The Labute approximate surface area is 229 Å². The molecule has 0 radical (unpaired) electrons. The van der Waals surface area contributed by atoms with Crippen LogP contribution in [0.4, 0.5) is 11.4 Å². The van der Waals surface area contributed by atoms with Gasteiger partial charge in [0, 0.05) is 10.0 Å². The van der Waals surface area contributed by atoms with Gasteiger partial charge in [-0.3, -0.25) is 14.4 Å². The maximum absolute atomic E-state index is 13.8. The summed E-state index contributed by atoms with van der Waals surface area (Å²) in [6.07, 6.45) is -0.987. The third-order valence-electron chi connectivity index (χ3n) is 6.70. The van der Waals surface area contributed by atoms with Gasteiger partial charge in [0.05, 0.1) is 17.4 Å². The van der Waals surface area contributed by atoms with Gasteiger partial charge in [0.1, 0.15) is 18.3 Å². The third kappa shape index (κ3) is 4.52. The lowest BCUT2D eigenvalue weighted by Crippen LogP contribution is -2.37. The normalized spacial score (nSPS) is 20.6. The standard InChI is InChI=1S/C30H22Cl2N2O4/c31-21-15-22(32)17-24(16-21)33-29(35)26-27(34(38-28(26)30(33)36)23-9-5-2-6-10-23)20-11-13-25(14-12-20)37-18-19-7-3-1-4-8-19/h1-17,26-28H,18H2/t26-,27+,28-/m1/s1. The average Bonchev–Trinajstić information content (AvgIpc) is 3.44. The summed E-state index contributed by atoms with van der Waals surface area (Å²) in [6, 6.07) is 31.0. The number of anilines is 2. The second-order valence-corrected chi connectivity index (χ2v) is 10.0. The van der Waals surface area contributed by atoms with Gasteiger partial charge in [-0.1, -0.05) is 83.9 Å². The molecule has 2 aliphatic heterocycles. The molecule has 0 unspecified atom stereocenters. The molecule has 4 aromatic carbocycles. The van der Waals surface area contributed by atoms with Crippen molar-refractivity contribution in [2.45, 2.75) is 18.8 Å². The first-order valence-electron chi connectivity index (χ1n) is 12.1. The van der Waals surface area contributed by atoms with Gasteiger partial charge in [-0.05, 0) is 53.6 Å². The van der Waals surface area contributed by atoms with Gasteiger partial charge in [0.2, 0.25) is 5.91 Å². The summed E-state index contributed by atoms with van der Waals surface area (Å²) >= 11 is 12.3. The molecule has 0 saturated carbocycles. The van der Waals surface area contributed by atoms with Crippen LogP contribution in [0.15, 0.2) is 103 Å². The molecule has 8 heteroatoms. The van der Waals surface area contributed by atoms with Gasteiger partial charge in [-0.25, -0.2) is 9.96 Å². The van der Waals surface area contributed by atoms with Crippen molar-refractivity contribution in [3.8, 4) is 5.75 Å². The van der Waals surface area contributed by atoms with E-state index in [-0.39, 0.29) is 5.91 Å². The van der Waals surface area contributed by atoms with Gasteiger partial charge in [-0.15, -0.1) is 0 Å². The summed E-state index contributed by atoms with van der Waals surface area (Å²) in [5.74, 6) is -0.893. The summed E-state index contributed by atoms with van der Waals surface area (Å²) in [5.41, 5.74) is 2.95.